The molecule has 2 aromatic rings. The highest BCUT2D eigenvalue weighted by molar-refractivity contribution is 7.89. The quantitative estimate of drug-likeness (QED) is 0.774. The first-order valence-corrected chi connectivity index (χ1v) is 10.2. The molecule has 2 aromatic carbocycles. The van der Waals surface area contributed by atoms with Gasteiger partial charge < -0.3 is 10.1 Å². The first-order valence-electron chi connectivity index (χ1n) is 8.38. The third kappa shape index (κ3) is 5.17. The van der Waals surface area contributed by atoms with E-state index in [2.05, 4.69) is 5.32 Å². The minimum Gasteiger partial charge on any atom is -0.379 e. The predicted molar refractivity (Wildman–Crippen MR) is 105 cm³/mol. The van der Waals surface area contributed by atoms with Gasteiger partial charge in [0, 0.05) is 29.9 Å². The van der Waals surface area contributed by atoms with Crippen LogP contribution < -0.4 is 5.32 Å². The molecule has 0 saturated carbocycles. The van der Waals surface area contributed by atoms with E-state index in [4.69, 9.17) is 16.3 Å². The lowest BCUT2D eigenvalue weighted by Crippen LogP contribution is -2.40. The number of amides is 1. The van der Waals surface area contributed by atoms with Crippen molar-refractivity contribution in [2.45, 2.75) is 4.90 Å². The fraction of sp³-hybridized carbons (Fsp3) is 0.211. The number of rotatable bonds is 5. The van der Waals surface area contributed by atoms with Crippen LogP contribution in [0.5, 0.6) is 0 Å². The molecule has 0 aliphatic carbocycles. The Balaban J connectivity index is 1.63. The molecule has 27 heavy (non-hydrogen) atoms. The summed E-state index contributed by atoms with van der Waals surface area (Å²) in [6.45, 7) is 1.52. The highest BCUT2D eigenvalue weighted by Crippen LogP contribution is 2.18. The van der Waals surface area contributed by atoms with Crippen LogP contribution in [0, 0.1) is 0 Å². The third-order valence-corrected chi connectivity index (χ3v) is 6.19. The maximum atomic E-state index is 12.6. The van der Waals surface area contributed by atoms with Gasteiger partial charge in [-0.2, -0.15) is 4.31 Å². The van der Waals surface area contributed by atoms with Crippen molar-refractivity contribution in [1.82, 2.24) is 4.31 Å². The van der Waals surface area contributed by atoms with Gasteiger partial charge in [0.25, 0.3) is 0 Å². The van der Waals surface area contributed by atoms with E-state index >= 15 is 0 Å². The Morgan fingerprint density at radius 2 is 1.67 bits per heavy atom. The van der Waals surface area contributed by atoms with Gasteiger partial charge in [-0.05, 0) is 48.0 Å². The number of nitrogens with one attached hydrogen (secondary N) is 1. The van der Waals surface area contributed by atoms with Crippen molar-refractivity contribution in [2.24, 2.45) is 0 Å². The van der Waals surface area contributed by atoms with E-state index < -0.39 is 10.0 Å². The molecule has 1 aliphatic rings. The fourth-order valence-corrected chi connectivity index (χ4v) is 4.11. The van der Waals surface area contributed by atoms with Crippen molar-refractivity contribution in [1.29, 1.82) is 0 Å². The largest absolute Gasteiger partial charge is 0.379 e. The van der Waals surface area contributed by atoms with Crippen molar-refractivity contribution < 1.29 is 17.9 Å². The molecule has 0 spiro atoms. The fourth-order valence-electron chi connectivity index (χ4n) is 2.58. The van der Waals surface area contributed by atoms with Crippen LogP contribution in [0.15, 0.2) is 59.5 Å². The summed E-state index contributed by atoms with van der Waals surface area (Å²) in [5.74, 6) is -0.290. The molecule has 1 heterocycles. The molecule has 1 fully saturated rings. The minimum absolute atomic E-state index is 0.229. The summed E-state index contributed by atoms with van der Waals surface area (Å²) in [5, 5.41) is 3.31. The second-order valence-electron chi connectivity index (χ2n) is 5.91. The zero-order valence-corrected chi connectivity index (χ0v) is 16.0. The lowest BCUT2D eigenvalue weighted by Gasteiger charge is -2.26. The number of ether oxygens (including phenoxy) is 1. The molecule has 0 unspecified atom stereocenters. The Bertz CT molecular complexity index is 919. The molecular weight excluding hydrogens is 388 g/mol. The summed E-state index contributed by atoms with van der Waals surface area (Å²) in [6.07, 6.45) is 3.01. The standard InChI is InChI=1S/C19H19ClN2O4S/c20-16-4-6-17(7-5-16)21-19(23)10-3-15-1-8-18(9-2-15)27(24,25)22-11-13-26-14-12-22/h1-10H,11-14H2,(H,21,23)/b10-3-. The molecule has 6 nitrogen and oxygen atoms in total. The van der Waals surface area contributed by atoms with Gasteiger partial charge in [0.1, 0.15) is 0 Å². The second kappa shape index (κ2) is 8.67. The summed E-state index contributed by atoms with van der Waals surface area (Å²) < 4.78 is 31.8. The zero-order chi connectivity index (χ0) is 19.3. The molecule has 0 radical (unpaired) electrons. The summed E-state index contributed by atoms with van der Waals surface area (Å²) in [6, 6.07) is 13.2. The maximum Gasteiger partial charge on any atom is 0.248 e. The van der Waals surface area contributed by atoms with E-state index in [1.54, 1.807) is 54.6 Å². The molecule has 1 amide bonds. The van der Waals surface area contributed by atoms with Gasteiger partial charge in [-0.25, -0.2) is 8.42 Å². The Kier molecular flexibility index (Phi) is 6.28. The Labute approximate surface area is 163 Å². The summed E-state index contributed by atoms with van der Waals surface area (Å²) >= 11 is 5.81. The molecule has 1 aliphatic heterocycles. The number of hydrogen-bond donors (Lipinski definition) is 1. The van der Waals surface area contributed by atoms with Crippen LogP contribution in [0.4, 0.5) is 5.69 Å². The number of halogens is 1. The molecule has 0 aromatic heterocycles. The first-order chi connectivity index (χ1) is 12.9. The van der Waals surface area contributed by atoms with E-state index in [9.17, 15) is 13.2 Å². The smallest absolute Gasteiger partial charge is 0.248 e. The molecule has 142 valence electrons. The van der Waals surface area contributed by atoms with Crippen LogP contribution in [-0.2, 0) is 19.6 Å². The summed E-state index contributed by atoms with van der Waals surface area (Å²) in [5.41, 5.74) is 1.36. The van der Waals surface area contributed by atoms with Gasteiger partial charge in [-0.15, -0.1) is 0 Å². The lowest BCUT2D eigenvalue weighted by atomic mass is 10.2. The number of carbonyl (C=O) groups is 1. The Hall–Kier alpha value is -2.19. The van der Waals surface area contributed by atoms with E-state index in [1.165, 1.54) is 10.4 Å². The first kappa shape index (κ1) is 19.6. The molecule has 1 saturated heterocycles. The van der Waals surface area contributed by atoms with Crippen molar-refractivity contribution in [3.8, 4) is 0 Å². The zero-order valence-electron chi connectivity index (χ0n) is 14.5. The van der Waals surface area contributed by atoms with Crippen LogP contribution in [0.3, 0.4) is 0 Å². The molecule has 0 atom stereocenters. The van der Waals surface area contributed by atoms with E-state index in [1.807, 2.05) is 0 Å². The normalized spacial score (nSPS) is 15.7. The number of nitrogens with zero attached hydrogens (tertiary/aromatic N) is 1. The average molecular weight is 407 g/mol. The molecule has 3 rings (SSSR count). The van der Waals surface area contributed by atoms with Crippen LogP contribution in [-0.4, -0.2) is 44.9 Å². The highest BCUT2D eigenvalue weighted by atomic mass is 35.5. The number of morpholine rings is 1. The summed E-state index contributed by atoms with van der Waals surface area (Å²) in [7, 11) is -3.52. The van der Waals surface area contributed by atoms with E-state index in [0.29, 0.717) is 37.0 Å². The van der Waals surface area contributed by atoms with Crippen molar-refractivity contribution >= 4 is 39.3 Å². The number of anilines is 1. The minimum atomic E-state index is -3.52. The van der Waals surface area contributed by atoms with Crippen LogP contribution in [0.2, 0.25) is 5.02 Å². The number of benzene rings is 2. The molecule has 1 N–H and O–H groups in total. The van der Waals surface area contributed by atoms with Crippen LogP contribution in [0.25, 0.3) is 6.08 Å². The van der Waals surface area contributed by atoms with Gasteiger partial charge >= 0.3 is 0 Å². The van der Waals surface area contributed by atoms with Gasteiger partial charge in [0.05, 0.1) is 18.1 Å². The van der Waals surface area contributed by atoms with Gasteiger partial charge in [0.2, 0.25) is 15.9 Å². The maximum absolute atomic E-state index is 12.6. The van der Waals surface area contributed by atoms with Crippen molar-refractivity contribution in [3.05, 3.63) is 65.2 Å². The summed E-state index contributed by atoms with van der Waals surface area (Å²) in [4.78, 5) is 12.2. The highest BCUT2D eigenvalue weighted by Gasteiger charge is 2.25. The molecule has 8 heteroatoms. The van der Waals surface area contributed by atoms with Crippen molar-refractivity contribution in [3.63, 3.8) is 0 Å². The number of carbonyl (C=O) groups excluding carboxylic acids is 1. The number of sulfonamides is 1. The van der Waals surface area contributed by atoms with E-state index in [-0.39, 0.29) is 10.8 Å². The lowest BCUT2D eigenvalue weighted by molar-refractivity contribution is -0.111. The SMILES string of the molecule is O=C(/C=C\c1ccc(S(=O)(=O)N2CCOCC2)cc1)Nc1ccc(Cl)cc1. The Morgan fingerprint density at radius 1 is 1.04 bits per heavy atom. The molecule has 0 bridgehead atoms. The Morgan fingerprint density at radius 3 is 2.30 bits per heavy atom. The van der Waals surface area contributed by atoms with Crippen LogP contribution in [0.1, 0.15) is 5.56 Å². The van der Waals surface area contributed by atoms with E-state index in [0.717, 1.165) is 5.56 Å². The predicted octanol–water partition coefficient (Wildman–Crippen LogP) is 3.01. The second-order valence-corrected chi connectivity index (χ2v) is 8.29. The number of hydrogen-bond acceptors (Lipinski definition) is 4. The monoisotopic (exact) mass is 406 g/mol. The van der Waals surface area contributed by atoms with Gasteiger partial charge in [-0.3, -0.25) is 4.79 Å². The third-order valence-electron chi connectivity index (χ3n) is 4.03. The molecular formula is C19H19ClN2O4S. The van der Waals surface area contributed by atoms with Crippen LogP contribution >= 0.6 is 11.6 Å². The topological polar surface area (TPSA) is 75.7 Å². The van der Waals surface area contributed by atoms with Gasteiger partial charge in [-0.1, -0.05) is 23.7 Å². The van der Waals surface area contributed by atoms with Crippen molar-refractivity contribution in [2.75, 3.05) is 31.6 Å². The average Bonchev–Trinajstić information content (AvgIpc) is 2.69. The van der Waals surface area contributed by atoms with Gasteiger partial charge in [0.15, 0.2) is 0 Å².